The van der Waals surface area contributed by atoms with Gasteiger partial charge in [-0.05, 0) is 24.5 Å². The summed E-state index contributed by atoms with van der Waals surface area (Å²) in [4.78, 5) is 40.5. The Balaban J connectivity index is 1.66. The highest BCUT2D eigenvalue weighted by atomic mass is 16.6. The molecule has 0 aliphatic carbocycles. The van der Waals surface area contributed by atoms with Crippen LogP contribution in [0.2, 0.25) is 0 Å². The monoisotopic (exact) mass is 415 g/mol. The molecule has 9 nitrogen and oxygen atoms in total. The van der Waals surface area contributed by atoms with Crippen LogP contribution >= 0.6 is 0 Å². The van der Waals surface area contributed by atoms with E-state index < -0.39 is 11.9 Å². The number of para-hydroxylation sites is 1. The van der Waals surface area contributed by atoms with Crippen LogP contribution in [0.3, 0.4) is 0 Å². The first-order valence-electron chi connectivity index (χ1n) is 10.3. The van der Waals surface area contributed by atoms with Crippen LogP contribution < -0.4 is 10.7 Å². The van der Waals surface area contributed by atoms with Gasteiger partial charge in [0.25, 0.3) is 5.91 Å². The summed E-state index contributed by atoms with van der Waals surface area (Å²) in [7, 11) is 0. The fourth-order valence-electron chi connectivity index (χ4n) is 3.49. The average Bonchev–Trinajstić information content (AvgIpc) is 3.04. The molecule has 9 heteroatoms. The Bertz CT molecular complexity index is 811. The highest BCUT2D eigenvalue weighted by Gasteiger charge is 2.37. The van der Waals surface area contributed by atoms with E-state index in [-0.39, 0.29) is 24.3 Å². The topological polar surface area (TPSA) is 109 Å². The molecule has 2 aliphatic rings. The van der Waals surface area contributed by atoms with Crippen molar-refractivity contribution in [3.63, 3.8) is 0 Å². The molecule has 2 heterocycles. The summed E-state index contributed by atoms with van der Waals surface area (Å²) in [6, 6.07) is 8.48. The molecule has 1 aromatic rings. The zero-order valence-corrected chi connectivity index (χ0v) is 17.5. The van der Waals surface area contributed by atoms with Gasteiger partial charge in [0.1, 0.15) is 11.8 Å². The molecule has 30 heavy (non-hydrogen) atoms. The van der Waals surface area contributed by atoms with Crippen molar-refractivity contribution in [3.05, 3.63) is 30.3 Å². The van der Waals surface area contributed by atoms with Crippen LogP contribution in [-0.4, -0.2) is 72.2 Å². The second-order valence-corrected chi connectivity index (χ2v) is 7.95. The van der Waals surface area contributed by atoms with Gasteiger partial charge in [-0.15, -0.1) is 0 Å². The van der Waals surface area contributed by atoms with Crippen molar-refractivity contribution < 1.29 is 19.1 Å². The van der Waals surface area contributed by atoms with Crippen molar-refractivity contribution in [2.75, 3.05) is 37.8 Å². The maximum Gasteiger partial charge on any atom is 0.409 e. The lowest BCUT2D eigenvalue weighted by atomic mass is 10.1. The minimum Gasteiger partial charge on any atom is -0.449 e. The van der Waals surface area contributed by atoms with Crippen LogP contribution in [0.15, 0.2) is 35.4 Å². The number of nitrogens with two attached hydrogens (primary N) is 1. The van der Waals surface area contributed by atoms with Gasteiger partial charge in [-0.1, -0.05) is 32.0 Å². The maximum absolute atomic E-state index is 13.1. The van der Waals surface area contributed by atoms with Crippen molar-refractivity contribution in [2.24, 2.45) is 16.8 Å². The second-order valence-electron chi connectivity index (χ2n) is 7.95. The number of benzene rings is 1. The normalized spacial score (nSPS) is 19.5. The summed E-state index contributed by atoms with van der Waals surface area (Å²) in [6.45, 7) is 6.18. The van der Waals surface area contributed by atoms with Crippen LogP contribution in [0.5, 0.6) is 0 Å². The van der Waals surface area contributed by atoms with Crippen LogP contribution in [0.4, 0.5) is 10.5 Å². The molecule has 1 atom stereocenters. The van der Waals surface area contributed by atoms with Crippen molar-refractivity contribution in [1.82, 2.24) is 9.80 Å². The van der Waals surface area contributed by atoms with Gasteiger partial charge in [0.05, 0.1) is 12.3 Å². The summed E-state index contributed by atoms with van der Waals surface area (Å²) in [5.74, 6) is -0.484. The number of hydrazone groups is 1. The molecule has 162 valence electrons. The molecule has 3 amide bonds. The molecule has 0 aromatic heterocycles. The third-order valence-corrected chi connectivity index (χ3v) is 5.09. The number of rotatable bonds is 5. The molecular formula is C21H29N5O4. The summed E-state index contributed by atoms with van der Waals surface area (Å²) in [5.41, 5.74) is 6.57. The first-order chi connectivity index (χ1) is 14.4. The van der Waals surface area contributed by atoms with Crippen LogP contribution in [0.1, 0.15) is 26.7 Å². The van der Waals surface area contributed by atoms with Crippen LogP contribution in [-0.2, 0) is 14.3 Å². The molecule has 3 rings (SSSR count). The number of amides is 3. The minimum atomic E-state index is -0.694. The van der Waals surface area contributed by atoms with Crippen molar-refractivity contribution in [1.29, 1.82) is 0 Å². The van der Waals surface area contributed by atoms with Gasteiger partial charge in [-0.2, -0.15) is 5.10 Å². The summed E-state index contributed by atoms with van der Waals surface area (Å²) < 4.78 is 5.30. The SMILES string of the molecule is CC(C)COC(=O)N1CCCN(C(=O)C2=NN(c3ccccc3)C(C(N)=O)C2)CC1. The fourth-order valence-corrected chi connectivity index (χ4v) is 3.49. The van der Waals surface area contributed by atoms with Crippen LogP contribution in [0, 0.1) is 5.92 Å². The van der Waals surface area contributed by atoms with E-state index >= 15 is 0 Å². The van der Waals surface area contributed by atoms with Crippen molar-refractivity contribution in [3.8, 4) is 0 Å². The van der Waals surface area contributed by atoms with E-state index in [4.69, 9.17) is 10.5 Å². The van der Waals surface area contributed by atoms with Crippen molar-refractivity contribution >= 4 is 29.3 Å². The number of carbonyl (C=O) groups is 3. The Labute approximate surface area is 176 Å². The Morgan fingerprint density at radius 3 is 2.43 bits per heavy atom. The van der Waals surface area contributed by atoms with Gasteiger partial charge >= 0.3 is 6.09 Å². The quantitative estimate of drug-likeness (QED) is 0.783. The maximum atomic E-state index is 13.1. The number of carbonyl (C=O) groups excluding carboxylic acids is 3. The molecule has 0 spiro atoms. The highest BCUT2D eigenvalue weighted by Crippen LogP contribution is 2.25. The minimum absolute atomic E-state index is 0.166. The number of hydrogen-bond donors (Lipinski definition) is 1. The number of anilines is 1. The number of hydrogen-bond acceptors (Lipinski definition) is 6. The molecular weight excluding hydrogens is 386 g/mol. The number of primary amides is 1. The first-order valence-corrected chi connectivity index (χ1v) is 10.3. The molecule has 2 N–H and O–H groups in total. The van der Waals surface area contributed by atoms with E-state index in [0.717, 1.165) is 0 Å². The zero-order valence-electron chi connectivity index (χ0n) is 17.5. The van der Waals surface area contributed by atoms with Gasteiger partial charge in [-0.25, -0.2) is 4.79 Å². The largest absolute Gasteiger partial charge is 0.449 e. The standard InChI is InChI=1S/C21H29N5O4/c1-15(2)14-30-21(29)25-10-6-9-24(11-12-25)20(28)17-13-18(19(22)27)26(23-17)16-7-4-3-5-8-16/h3-5,7-8,15,18H,6,9-14H2,1-2H3,(H2,22,27). The lowest BCUT2D eigenvalue weighted by Gasteiger charge is -2.22. The predicted octanol–water partition coefficient (Wildman–Crippen LogP) is 1.43. The molecule has 0 bridgehead atoms. The summed E-state index contributed by atoms with van der Waals surface area (Å²) in [5, 5.41) is 5.94. The molecule has 1 saturated heterocycles. The Morgan fingerprint density at radius 1 is 1.10 bits per heavy atom. The summed E-state index contributed by atoms with van der Waals surface area (Å²) >= 11 is 0. The third-order valence-electron chi connectivity index (χ3n) is 5.09. The van der Waals surface area contributed by atoms with E-state index in [0.29, 0.717) is 50.6 Å². The van der Waals surface area contributed by atoms with Crippen molar-refractivity contribution in [2.45, 2.75) is 32.7 Å². The average molecular weight is 415 g/mol. The van der Waals surface area contributed by atoms with Gasteiger partial charge in [0.2, 0.25) is 5.91 Å². The van der Waals surface area contributed by atoms with Gasteiger partial charge < -0.3 is 20.3 Å². The summed E-state index contributed by atoms with van der Waals surface area (Å²) in [6.07, 6.45) is 0.470. The van der Waals surface area contributed by atoms with Gasteiger partial charge in [0, 0.05) is 32.6 Å². The zero-order chi connectivity index (χ0) is 21.7. The van der Waals surface area contributed by atoms with Gasteiger partial charge in [0.15, 0.2) is 0 Å². The Kier molecular flexibility index (Phi) is 6.91. The molecule has 0 saturated carbocycles. The third kappa shape index (κ3) is 5.08. The molecule has 2 aliphatic heterocycles. The predicted molar refractivity (Wildman–Crippen MR) is 113 cm³/mol. The number of nitrogens with zero attached hydrogens (tertiary/aromatic N) is 4. The van der Waals surface area contributed by atoms with E-state index in [1.54, 1.807) is 9.80 Å². The van der Waals surface area contributed by atoms with E-state index in [2.05, 4.69) is 5.10 Å². The second kappa shape index (κ2) is 9.60. The lowest BCUT2D eigenvalue weighted by Crippen LogP contribution is -2.41. The van der Waals surface area contributed by atoms with E-state index in [1.165, 1.54) is 5.01 Å². The Morgan fingerprint density at radius 2 is 1.77 bits per heavy atom. The molecule has 1 unspecified atom stereocenters. The molecule has 1 fully saturated rings. The van der Waals surface area contributed by atoms with E-state index in [1.807, 2.05) is 44.2 Å². The lowest BCUT2D eigenvalue weighted by molar-refractivity contribution is -0.124. The smallest absolute Gasteiger partial charge is 0.409 e. The van der Waals surface area contributed by atoms with E-state index in [9.17, 15) is 14.4 Å². The molecule has 1 aromatic carbocycles. The molecule has 0 radical (unpaired) electrons. The van der Waals surface area contributed by atoms with Crippen LogP contribution in [0.25, 0.3) is 0 Å². The Hall–Kier alpha value is -3.10. The van der Waals surface area contributed by atoms with Gasteiger partial charge in [-0.3, -0.25) is 14.6 Å². The fraction of sp³-hybridized carbons (Fsp3) is 0.524. The number of ether oxygens (including phenoxy) is 1. The highest BCUT2D eigenvalue weighted by molar-refractivity contribution is 6.40. The first kappa shape index (κ1) is 21.6.